The van der Waals surface area contributed by atoms with Crippen molar-refractivity contribution in [2.45, 2.75) is 26.2 Å². The predicted molar refractivity (Wildman–Crippen MR) is 96.9 cm³/mol. The number of aromatic nitrogens is 2. The van der Waals surface area contributed by atoms with Crippen LogP contribution >= 0.6 is 11.3 Å². The molecule has 1 unspecified atom stereocenters. The molecule has 25 heavy (non-hydrogen) atoms. The Morgan fingerprint density at radius 1 is 1.28 bits per heavy atom. The van der Waals surface area contributed by atoms with Crippen LogP contribution in [0.3, 0.4) is 0 Å². The van der Waals surface area contributed by atoms with Crippen LogP contribution in [0, 0.1) is 5.92 Å². The van der Waals surface area contributed by atoms with E-state index in [-0.39, 0.29) is 12.0 Å². The van der Waals surface area contributed by atoms with Gasteiger partial charge in [0.1, 0.15) is 5.01 Å². The van der Waals surface area contributed by atoms with Crippen molar-refractivity contribution in [1.82, 2.24) is 15.1 Å². The van der Waals surface area contributed by atoms with Crippen LogP contribution in [-0.4, -0.2) is 45.8 Å². The molecule has 1 aromatic carbocycles. The molecular weight excluding hydrogens is 340 g/mol. The number of rotatable bonds is 6. The van der Waals surface area contributed by atoms with Crippen molar-refractivity contribution in [3.05, 3.63) is 40.9 Å². The van der Waals surface area contributed by atoms with Gasteiger partial charge in [-0.15, -0.1) is 10.2 Å². The minimum absolute atomic E-state index is 0.113. The van der Waals surface area contributed by atoms with E-state index in [0.717, 1.165) is 10.6 Å². The molecule has 2 aromatic rings. The number of carboxylic acid groups (broad SMARTS) is 1. The van der Waals surface area contributed by atoms with E-state index in [1.54, 1.807) is 14.0 Å². The highest BCUT2D eigenvalue weighted by atomic mass is 32.1. The summed E-state index contributed by atoms with van der Waals surface area (Å²) in [5.74, 6) is -1.58. The lowest BCUT2D eigenvalue weighted by molar-refractivity contribution is -0.141. The molecule has 0 radical (unpaired) electrons. The Labute approximate surface area is 150 Å². The number of amides is 2. The highest BCUT2D eigenvalue weighted by Crippen LogP contribution is 2.34. The average Bonchev–Trinajstić information content (AvgIpc) is 3.04. The number of aliphatic carboxylic acids is 1. The summed E-state index contributed by atoms with van der Waals surface area (Å²) in [6.07, 6.45) is 0. The van der Waals surface area contributed by atoms with Gasteiger partial charge in [0.2, 0.25) is 5.13 Å². The van der Waals surface area contributed by atoms with Crippen LogP contribution < -0.4 is 5.32 Å². The summed E-state index contributed by atoms with van der Waals surface area (Å²) >= 11 is 1.31. The number of carbonyl (C=O) groups is 2. The average molecular weight is 362 g/mol. The van der Waals surface area contributed by atoms with Crippen molar-refractivity contribution >= 4 is 28.5 Å². The topological polar surface area (TPSA) is 95.4 Å². The lowest BCUT2D eigenvalue weighted by Gasteiger charge is -2.21. The van der Waals surface area contributed by atoms with E-state index in [2.05, 4.69) is 29.4 Å². The SMILES string of the molecule is CC(CN(C)C(=O)Nc1nnc(C(C)(C)c2ccccc2)s1)C(=O)O. The maximum atomic E-state index is 12.2. The largest absolute Gasteiger partial charge is 0.481 e. The summed E-state index contributed by atoms with van der Waals surface area (Å²) in [5, 5.41) is 21.0. The molecule has 0 spiro atoms. The van der Waals surface area contributed by atoms with Gasteiger partial charge in [0.05, 0.1) is 5.92 Å². The first kappa shape index (κ1) is 18.9. The van der Waals surface area contributed by atoms with Crippen molar-refractivity contribution in [2.75, 3.05) is 18.9 Å². The molecule has 2 rings (SSSR count). The fraction of sp³-hybridized carbons (Fsp3) is 0.412. The number of hydrogen-bond acceptors (Lipinski definition) is 5. The molecule has 0 aliphatic heterocycles. The van der Waals surface area contributed by atoms with Crippen LogP contribution in [0.4, 0.5) is 9.93 Å². The summed E-state index contributed by atoms with van der Waals surface area (Å²) in [5.41, 5.74) is 0.780. The highest BCUT2D eigenvalue weighted by Gasteiger charge is 2.28. The van der Waals surface area contributed by atoms with E-state index in [4.69, 9.17) is 5.11 Å². The molecular formula is C17H22N4O3S. The minimum Gasteiger partial charge on any atom is -0.481 e. The number of urea groups is 1. The third kappa shape index (κ3) is 4.54. The fourth-order valence-electron chi connectivity index (χ4n) is 2.26. The van der Waals surface area contributed by atoms with Crippen LogP contribution in [0.15, 0.2) is 30.3 Å². The Hall–Kier alpha value is -2.48. The third-order valence-electron chi connectivity index (χ3n) is 3.98. The van der Waals surface area contributed by atoms with Gasteiger partial charge >= 0.3 is 12.0 Å². The highest BCUT2D eigenvalue weighted by molar-refractivity contribution is 7.15. The summed E-state index contributed by atoms with van der Waals surface area (Å²) in [7, 11) is 1.55. The van der Waals surface area contributed by atoms with Gasteiger partial charge in [0, 0.05) is 19.0 Å². The molecule has 7 nitrogen and oxygen atoms in total. The molecule has 1 atom stereocenters. The van der Waals surface area contributed by atoms with Crippen molar-refractivity contribution in [1.29, 1.82) is 0 Å². The van der Waals surface area contributed by atoms with Crippen molar-refractivity contribution < 1.29 is 14.7 Å². The van der Waals surface area contributed by atoms with Crippen molar-refractivity contribution in [3.63, 3.8) is 0 Å². The second-order valence-corrected chi connectivity index (χ2v) is 7.43. The van der Waals surface area contributed by atoms with Gasteiger partial charge in [-0.25, -0.2) is 4.79 Å². The second-order valence-electron chi connectivity index (χ2n) is 6.45. The number of hydrogen-bond donors (Lipinski definition) is 2. The Bertz CT molecular complexity index is 745. The minimum atomic E-state index is -0.942. The first-order valence-corrected chi connectivity index (χ1v) is 8.68. The first-order valence-electron chi connectivity index (χ1n) is 7.86. The fourth-order valence-corrected chi connectivity index (χ4v) is 3.12. The second kappa shape index (κ2) is 7.60. The van der Waals surface area contributed by atoms with Gasteiger partial charge in [-0.1, -0.05) is 48.6 Å². The number of anilines is 1. The standard InChI is InChI=1S/C17H22N4O3S/c1-11(13(22)23)10-21(4)16(24)18-15-20-19-14(25-15)17(2,3)12-8-6-5-7-9-12/h5-9,11H,10H2,1-4H3,(H,22,23)(H,18,20,24). The molecule has 0 aliphatic carbocycles. The monoisotopic (exact) mass is 362 g/mol. The summed E-state index contributed by atoms with van der Waals surface area (Å²) in [6.45, 7) is 5.77. The number of carboxylic acids is 1. The van der Waals surface area contributed by atoms with Crippen LogP contribution in [0.2, 0.25) is 0 Å². The zero-order valence-corrected chi connectivity index (χ0v) is 15.5. The van der Waals surface area contributed by atoms with Crippen LogP contribution in [0.5, 0.6) is 0 Å². The van der Waals surface area contributed by atoms with Gasteiger partial charge in [-0.3, -0.25) is 10.1 Å². The lowest BCUT2D eigenvalue weighted by Crippen LogP contribution is -2.36. The van der Waals surface area contributed by atoms with Gasteiger partial charge in [0.25, 0.3) is 0 Å². The Balaban J connectivity index is 2.06. The number of nitrogens with zero attached hydrogens (tertiary/aromatic N) is 3. The Morgan fingerprint density at radius 3 is 2.52 bits per heavy atom. The third-order valence-corrected chi connectivity index (χ3v) is 5.15. The summed E-state index contributed by atoms with van der Waals surface area (Å²) in [4.78, 5) is 24.4. The van der Waals surface area contributed by atoms with Gasteiger partial charge in [0.15, 0.2) is 0 Å². The molecule has 8 heteroatoms. The maximum Gasteiger partial charge on any atom is 0.323 e. The molecule has 2 amide bonds. The van der Waals surface area contributed by atoms with E-state index in [0.29, 0.717) is 5.13 Å². The predicted octanol–water partition coefficient (Wildman–Crippen LogP) is 3.05. The number of nitrogens with one attached hydrogen (secondary N) is 1. The van der Waals surface area contributed by atoms with Crippen molar-refractivity contribution in [2.24, 2.45) is 5.92 Å². The molecule has 134 valence electrons. The van der Waals surface area contributed by atoms with E-state index < -0.39 is 17.9 Å². The van der Waals surface area contributed by atoms with Crippen LogP contribution in [0.25, 0.3) is 0 Å². The van der Waals surface area contributed by atoms with Crippen molar-refractivity contribution in [3.8, 4) is 0 Å². The number of carbonyl (C=O) groups excluding carboxylic acids is 1. The molecule has 1 heterocycles. The first-order chi connectivity index (χ1) is 11.7. The van der Waals surface area contributed by atoms with E-state index in [1.807, 2.05) is 30.3 Å². The quantitative estimate of drug-likeness (QED) is 0.823. The lowest BCUT2D eigenvalue weighted by atomic mass is 9.85. The van der Waals surface area contributed by atoms with E-state index in [1.165, 1.54) is 16.2 Å². The zero-order valence-electron chi connectivity index (χ0n) is 14.7. The summed E-state index contributed by atoms with van der Waals surface area (Å²) in [6, 6.07) is 9.55. The normalized spacial score (nSPS) is 12.5. The smallest absolute Gasteiger partial charge is 0.323 e. The van der Waals surface area contributed by atoms with Crippen LogP contribution in [0.1, 0.15) is 31.3 Å². The molecule has 0 saturated heterocycles. The molecule has 0 bridgehead atoms. The zero-order chi connectivity index (χ0) is 18.6. The van der Waals surface area contributed by atoms with Crippen LogP contribution in [-0.2, 0) is 10.2 Å². The number of benzene rings is 1. The molecule has 0 fully saturated rings. The Kier molecular flexibility index (Phi) is 5.73. The molecule has 0 saturated carbocycles. The van der Waals surface area contributed by atoms with Gasteiger partial charge in [-0.05, 0) is 19.4 Å². The Morgan fingerprint density at radius 2 is 1.92 bits per heavy atom. The molecule has 2 N–H and O–H groups in total. The van der Waals surface area contributed by atoms with E-state index in [9.17, 15) is 9.59 Å². The van der Waals surface area contributed by atoms with Gasteiger partial charge in [-0.2, -0.15) is 0 Å². The summed E-state index contributed by atoms with van der Waals surface area (Å²) < 4.78 is 0. The maximum absolute atomic E-state index is 12.2. The van der Waals surface area contributed by atoms with E-state index >= 15 is 0 Å². The molecule has 1 aromatic heterocycles. The molecule has 0 aliphatic rings. The van der Waals surface area contributed by atoms with Gasteiger partial charge < -0.3 is 10.0 Å².